The number of fused-ring (bicyclic) bond motifs is 5. The zero-order valence-corrected chi connectivity index (χ0v) is 20.0. The van der Waals surface area contributed by atoms with Gasteiger partial charge in [0.05, 0.1) is 17.8 Å². The molecule has 4 saturated carbocycles. The lowest BCUT2D eigenvalue weighted by molar-refractivity contribution is -0.268. The molecule has 4 aliphatic rings. The molecule has 1 aromatic rings. The van der Waals surface area contributed by atoms with Gasteiger partial charge in [-0.25, -0.2) is 0 Å². The maximum Gasteiger partial charge on any atom is 0.0948 e. The Bertz CT molecular complexity index is 919. The summed E-state index contributed by atoms with van der Waals surface area (Å²) in [6, 6.07) is 4.03. The fraction of sp³-hybridized carbons (Fsp3) is 0.741. The minimum absolute atomic E-state index is 0.00704. The van der Waals surface area contributed by atoms with Gasteiger partial charge >= 0.3 is 0 Å². The minimum atomic E-state index is -0.857. The fourth-order valence-electron chi connectivity index (χ4n) is 8.72. The monoisotopic (exact) mass is 455 g/mol. The molecule has 5 rings (SSSR count). The van der Waals surface area contributed by atoms with E-state index in [1.165, 1.54) is 69.4 Å². The van der Waals surface area contributed by atoms with E-state index in [4.69, 9.17) is 0 Å². The van der Waals surface area contributed by atoms with E-state index in [1.54, 1.807) is 0 Å². The van der Waals surface area contributed by atoms with Gasteiger partial charge in [0.1, 0.15) is 0 Å². The lowest BCUT2D eigenvalue weighted by atomic mass is 9.44. The summed E-state index contributed by atoms with van der Waals surface area (Å²) in [7, 11) is 0. The van der Waals surface area contributed by atoms with Crippen LogP contribution in [-0.4, -0.2) is 33.9 Å². The highest BCUT2D eigenvalue weighted by atomic mass is 16.8. The molecule has 0 saturated heterocycles. The molecule has 0 spiro atoms. The van der Waals surface area contributed by atoms with Gasteiger partial charge in [0.25, 0.3) is 0 Å². The normalized spacial score (nSPS) is 42.6. The van der Waals surface area contributed by atoms with E-state index < -0.39 is 5.60 Å². The Balaban J connectivity index is 1.34. The topological polar surface area (TPSA) is 99.4 Å². The third-order valence-corrected chi connectivity index (χ3v) is 10.7. The second-order valence-electron chi connectivity index (χ2n) is 11.9. The largest absolute Gasteiger partial charge is 0.872 e. The molecule has 0 aromatic heterocycles. The van der Waals surface area contributed by atoms with Crippen LogP contribution in [0.4, 0.5) is 5.69 Å². The fourth-order valence-corrected chi connectivity index (χ4v) is 8.72. The molecule has 4 aliphatic carbocycles. The van der Waals surface area contributed by atoms with Gasteiger partial charge in [0, 0.05) is 11.6 Å². The van der Waals surface area contributed by atoms with Crippen LogP contribution in [0.5, 0.6) is 5.75 Å². The highest BCUT2D eigenvalue weighted by Gasteiger charge is 2.64. The quantitative estimate of drug-likeness (QED) is 0.442. The molecule has 4 fully saturated rings. The first-order valence-corrected chi connectivity index (χ1v) is 12.9. The Hall–Kier alpha value is -1.63. The third kappa shape index (κ3) is 3.60. The first-order valence-electron chi connectivity index (χ1n) is 12.9. The molecule has 182 valence electrons. The Kier molecular flexibility index (Phi) is 5.78. The molecule has 0 aliphatic heterocycles. The number of hydrogen-bond acceptors (Lipinski definition) is 6. The van der Waals surface area contributed by atoms with Crippen molar-refractivity contribution in [1.82, 2.24) is 0 Å². The van der Waals surface area contributed by atoms with Crippen molar-refractivity contribution in [3.63, 3.8) is 0 Å². The van der Waals surface area contributed by atoms with Gasteiger partial charge in [-0.2, -0.15) is 0 Å². The van der Waals surface area contributed by atoms with Crippen molar-refractivity contribution in [2.45, 2.75) is 83.7 Å². The van der Waals surface area contributed by atoms with Crippen LogP contribution in [0, 0.1) is 34.5 Å². The Labute approximate surface area is 197 Å². The van der Waals surface area contributed by atoms with E-state index in [0.717, 1.165) is 31.1 Å². The number of rotatable bonds is 4. The van der Waals surface area contributed by atoms with Crippen LogP contribution in [0.3, 0.4) is 0 Å². The van der Waals surface area contributed by atoms with E-state index in [-0.39, 0.29) is 34.2 Å². The van der Waals surface area contributed by atoms with Crippen LogP contribution in [0.2, 0.25) is 0 Å². The van der Waals surface area contributed by atoms with Crippen molar-refractivity contribution in [2.75, 3.05) is 11.8 Å². The molecule has 6 nitrogen and oxygen atoms in total. The molecule has 6 heteroatoms. The van der Waals surface area contributed by atoms with Gasteiger partial charge in [0.15, 0.2) is 0 Å². The molecular formula is C27H39N2O4-. The van der Waals surface area contributed by atoms with Crippen molar-refractivity contribution in [3.8, 4) is 5.75 Å². The molecule has 0 radical (unpaired) electrons. The maximum absolute atomic E-state index is 12.2. The zero-order valence-electron chi connectivity index (χ0n) is 20.0. The van der Waals surface area contributed by atoms with Gasteiger partial charge in [-0.1, -0.05) is 38.5 Å². The lowest BCUT2D eigenvalue weighted by Gasteiger charge is -2.61. The average molecular weight is 456 g/mol. The first kappa shape index (κ1) is 23.1. The molecule has 0 amide bonds. The third-order valence-electron chi connectivity index (χ3n) is 10.7. The van der Waals surface area contributed by atoms with E-state index in [9.17, 15) is 20.6 Å². The first-order chi connectivity index (χ1) is 15.7. The van der Waals surface area contributed by atoms with Gasteiger partial charge < -0.3 is 10.2 Å². The Morgan fingerprint density at radius 1 is 1.03 bits per heavy atom. The van der Waals surface area contributed by atoms with Gasteiger partial charge in [-0.3, -0.25) is 15.4 Å². The zero-order chi connectivity index (χ0) is 23.4. The summed E-state index contributed by atoms with van der Waals surface area (Å²) in [6.07, 6.45) is 13.8. The number of aliphatic hydroxyl groups is 1. The van der Waals surface area contributed by atoms with E-state index in [2.05, 4.69) is 18.8 Å². The predicted molar refractivity (Wildman–Crippen MR) is 126 cm³/mol. The summed E-state index contributed by atoms with van der Waals surface area (Å²) in [6.45, 7) is 5.15. The van der Waals surface area contributed by atoms with Crippen molar-refractivity contribution in [2.24, 2.45) is 39.5 Å². The number of aliphatic imine (C=N–C) groups is 1. The van der Waals surface area contributed by atoms with Crippen molar-refractivity contribution >= 4 is 11.9 Å². The summed E-state index contributed by atoms with van der Waals surface area (Å²) in [5, 5.41) is 42.5. The molecule has 7 atom stereocenters. The van der Waals surface area contributed by atoms with E-state index in [0.29, 0.717) is 17.3 Å². The van der Waals surface area contributed by atoms with E-state index >= 15 is 0 Å². The summed E-state index contributed by atoms with van der Waals surface area (Å²) in [5.74, 6) is 2.72. The number of hydrogen-bond donors (Lipinski definition) is 3. The van der Waals surface area contributed by atoms with Crippen LogP contribution in [0.25, 0.3) is 0 Å². The number of nitrogens with zero attached hydrogens (tertiary/aromatic N) is 2. The minimum Gasteiger partial charge on any atom is -0.872 e. The Morgan fingerprint density at radius 2 is 1.82 bits per heavy atom. The smallest absolute Gasteiger partial charge is 0.0948 e. The SMILES string of the molecule is C[C@]12CCCCC1CCC1C2CC[C@@]2(C)C1CC[C@]2(O)CN=Cc1cc(N(O)O)ccc1[O-]. The summed E-state index contributed by atoms with van der Waals surface area (Å²) < 4.78 is 0. The molecule has 3 N–H and O–H groups in total. The highest BCUT2D eigenvalue weighted by molar-refractivity contribution is 5.84. The van der Waals surface area contributed by atoms with Crippen molar-refractivity contribution < 1.29 is 20.6 Å². The van der Waals surface area contributed by atoms with Gasteiger partial charge in [0.2, 0.25) is 0 Å². The van der Waals surface area contributed by atoms with Crippen molar-refractivity contribution in [1.29, 1.82) is 0 Å². The molecule has 0 heterocycles. The van der Waals surface area contributed by atoms with Crippen LogP contribution >= 0.6 is 0 Å². The van der Waals surface area contributed by atoms with Crippen LogP contribution in [0.15, 0.2) is 23.2 Å². The molecule has 0 bridgehead atoms. The maximum atomic E-state index is 12.2. The summed E-state index contributed by atoms with van der Waals surface area (Å²) >= 11 is 0. The highest BCUT2D eigenvalue weighted by Crippen LogP contribution is 2.68. The number of anilines is 1. The lowest BCUT2D eigenvalue weighted by Crippen LogP contribution is -2.56. The second kappa shape index (κ2) is 8.24. The molecule has 33 heavy (non-hydrogen) atoms. The molecular weight excluding hydrogens is 416 g/mol. The van der Waals surface area contributed by atoms with Gasteiger partial charge in [-0.15, -0.1) is 5.23 Å². The summed E-state index contributed by atoms with van der Waals surface area (Å²) in [4.78, 5) is 4.52. The second-order valence-corrected chi connectivity index (χ2v) is 11.9. The molecule has 1 aromatic carbocycles. The van der Waals surface area contributed by atoms with Crippen LogP contribution in [0.1, 0.15) is 83.6 Å². The molecule has 4 unspecified atom stereocenters. The van der Waals surface area contributed by atoms with Crippen LogP contribution in [-0.2, 0) is 0 Å². The van der Waals surface area contributed by atoms with E-state index in [1.807, 2.05) is 0 Å². The number of benzene rings is 1. The van der Waals surface area contributed by atoms with Gasteiger partial charge in [-0.05, 0) is 98.1 Å². The average Bonchev–Trinajstić information content (AvgIpc) is 3.05. The predicted octanol–water partition coefficient (Wildman–Crippen LogP) is 4.93. The van der Waals surface area contributed by atoms with Crippen LogP contribution < -0.4 is 10.3 Å². The van der Waals surface area contributed by atoms with Crippen molar-refractivity contribution in [3.05, 3.63) is 23.8 Å². The standard InChI is InChI=1S/C27H40N2O4/c1-25-12-4-3-5-19(25)6-8-21-22(25)10-13-26(2)23(21)11-14-27(26,31)17-28-16-18-15-20(29(32)33)7-9-24(18)30/h7,9,15-16,19,21-23,30-33H,3-6,8,10-14,17H2,1-2H3/p-1/t19?,21?,22?,23?,25-,26-,27-/m0/s1. The summed E-state index contributed by atoms with van der Waals surface area (Å²) in [5.41, 5.74) is -0.115. The Morgan fingerprint density at radius 3 is 2.61 bits per heavy atom.